The molecule has 1 aliphatic carbocycles. The Morgan fingerprint density at radius 2 is 1.44 bits per heavy atom. The molecule has 1 aliphatic rings. The van der Waals surface area contributed by atoms with Crippen LogP contribution in [0.1, 0.15) is 33.8 Å². The van der Waals surface area contributed by atoms with Crippen molar-refractivity contribution in [3.05, 3.63) is 89.5 Å². The number of nitrogens with one attached hydrogen (secondary N) is 3. The summed E-state index contributed by atoms with van der Waals surface area (Å²) in [4.78, 5) is 48.7. The lowest BCUT2D eigenvalue weighted by atomic mass is 9.98. The average Bonchev–Trinajstić information content (AvgIpc) is 3.27. The molecule has 3 aromatic rings. The van der Waals surface area contributed by atoms with Crippen LogP contribution in [-0.4, -0.2) is 61.8 Å². The van der Waals surface area contributed by atoms with Crippen molar-refractivity contribution in [1.29, 1.82) is 0 Å². The largest absolute Gasteiger partial charge is 0.497 e. The second-order valence-electron chi connectivity index (χ2n) is 8.90. The summed E-state index contributed by atoms with van der Waals surface area (Å²) in [5, 5.41) is 16.8. The number of hydrogen-bond acceptors (Lipinski definition) is 6. The normalized spacial score (nSPS) is 12.4. The van der Waals surface area contributed by atoms with E-state index in [4.69, 9.17) is 9.47 Å². The van der Waals surface area contributed by atoms with Crippen molar-refractivity contribution >= 4 is 23.9 Å². The van der Waals surface area contributed by atoms with Gasteiger partial charge in [0.05, 0.1) is 13.5 Å². The average molecular weight is 532 g/mol. The van der Waals surface area contributed by atoms with Crippen molar-refractivity contribution in [2.45, 2.75) is 18.4 Å². The Labute approximate surface area is 225 Å². The summed E-state index contributed by atoms with van der Waals surface area (Å²) in [5.41, 5.74) is 4.63. The maximum absolute atomic E-state index is 12.6. The maximum Gasteiger partial charge on any atom is 0.407 e. The Morgan fingerprint density at radius 3 is 2.03 bits per heavy atom. The van der Waals surface area contributed by atoms with Crippen LogP contribution in [0.5, 0.6) is 5.75 Å². The number of alkyl carbamates (subject to hydrolysis) is 1. The predicted octanol–water partition coefficient (Wildman–Crippen LogP) is 2.92. The van der Waals surface area contributed by atoms with E-state index < -0.39 is 30.4 Å². The van der Waals surface area contributed by atoms with Crippen LogP contribution in [0.3, 0.4) is 0 Å². The van der Waals surface area contributed by atoms with E-state index in [0.717, 1.165) is 22.3 Å². The fourth-order valence-corrected chi connectivity index (χ4v) is 4.50. The highest BCUT2D eigenvalue weighted by Crippen LogP contribution is 2.44. The lowest BCUT2D eigenvalue weighted by Crippen LogP contribution is -2.49. The number of methoxy groups -OCH3 is 1. The molecule has 0 aliphatic heterocycles. The lowest BCUT2D eigenvalue weighted by Gasteiger charge is -2.19. The summed E-state index contributed by atoms with van der Waals surface area (Å²) < 4.78 is 10.5. The molecule has 3 aromatic carbocycles. The zero-order chi connectivity index (χ0) is 27.8. The smallest absolute Gasteiger partial charge is 0.407 e. The molecular formula is C29H29N3O7. The summed E-state index contributed by atoms with van der Waals surface area (Å²) >= 11 is 0. The Morgan fingerprint density at radius 1 is 0.846 bits per heavy atom. The van der Waals surface area contributed by atoms with Gasteiger partial charge < -0.3 is 30.5 Å². The van der Waals surface area contributed by atoms with Crippen LogP contribution in [0.4, 0.5) is 4.79 Å². The van der Waals surface area contributed by atoms with Crippen LogP contribution in [0.15, 0.2) is 72.8 Å². The van der Waals surface area contributed by atoms with E-state index in [2.05, 4.69) is 16.0 Å². The number of carboxylic acids is 1. The number of ether oxygens (including phenoxy) is 2. The summed E-state index contributed by atoms with van der Waals surface area (Å²) in [6, 6.07) is 20.9. The van der Waals surface area contributed by atoms with Gasteiger partial charge in [-0.3, -0.25) is 14.4 Å². The van der Waals surface area contributed by atoms with Gasteiger partial charge in [0.1, 0.15) is 18.4 Å². The number of carbonyl (C=O) groups excluding carboxylic acids is 3. The van der Waals surface area contributed by atoms with Crippen molar-refractivity contribution in [1.82, 2.24) is 16.0 Å². The highest BCUT2D eigenvalue weighted by Gasteiger charge is 2.30. The summed E-state index contributed by atoms with van der Waals surface area (Å²) in [5.74, 6) is -1.87. The van der Waals surface area contributed by atoms with E-state index >= 15 is 0 Å². The highest BCUT2D eigenvalue weighted by atomic mass is 16.5. The van der Waals surface area contributed by atoms with Gasteiger partial charge in [0.15, 0.2) is 0 Å². The minimum Gasteiger partial charge on any atom is -0.497 e. The third kappa shape index (κ3) is 6.72. The molecule has 4 N–H and O–H groups in total. The van der Waals surface area contributed by atoms with Crippen molar-refractivity contribution in [3.63, 3.8) is 0 Å². The molecule has 0 spiro atoms. The fourth-order valence-electron chi connectivity index (χ4n) is 4.50. The quantitative estimate of drug-likeness (QED) is 0.279. The molecule has 0 saturated carbocycles. The van der Waals surface area contributed by atoms with Crippen molar-refractivity contribution in [2.75, 3.05) is 26.8 Å². The molecule has 3 amide bonds. The zero-order valence-corrected chi connectivity index (χ0v) is 21.3. The summed E-state index contributed by atoms with van der Waals surface area (Å²) in [7, 11) is 1.53. The van der Waals surface area contributed by atoms with Crippen LogP contribution in [0, 0.1) is 0 Å². The van der Waals surface area contributed by atoms with Gasteiger partial charge in [0, 0.05) is 24.6 Å². The molecule has 202 valence electrons. The third-order valence-electron chi connectivity index (χ3n) is 6.39. The summed E-state index contributed by atoms with van der Waals surface area (Å²) in [6.45, 7) is 0.156. The Bertz CT molecular complexity index is 1310. The Hall–Kier alpha value is -4.86. The molecule has 1 atom stereocenters. The van der Waals surface area contributed by atoms with Gasteiger partial charge in [-0.1, -0.05) is 48.5 Å². The molecule has 4 rings (SSSR count). The Kier molecular flexibility index (Phi) is 8.78. The maximum atomic E-state index is 12.6. The van der Waals surface area contributed by atoms with Crippen LogP contribution in [-0.2, 0) is 14.3 Å². The zero-order valence-electron chi connectivity index (χ0n) is 21.3. The molecular weight excluding hydrogens is 502 g/mol. The number of rotatable bonds is 11. The third-order valence-corrected chi connectivity index (χ3v) is 6.39. The van der Waals surface area contributed by atoms with E-state index in [0.29, 0.717) is 11.3 Å². The number of fused-ring (bicyclic) bond motifs is 3. The van der Waals surface area contributed by atoms with E-state index in [1.807, 2.05) is 48.5 Å². The SMILES string of the molecule is COc1ccc(C(=O)NCCNC(=O)[C@@H](CC(=O)O)NC(=O)OCC2c3ccccc3-c3ccccc32)cc1. The van der Waals surface area contributed by atoms with Gasteiger partial charge in [0.25, 0.3) is 5.91 Å². The van der Waals surface area contributed by atoms with E-state index in [1.54, 1.807) is 24.3 Å². The number of amides is 3. The van der Waals surface area contributed by atoms with E-state index in [-0.39, 0.29) is 31.5 Å². The van der Waals surface area contributed by atoms with Gasteiger partial charge in [0.2, 0.25) is 5.91 Å². The van der Waals surface area contributed by atoms with E-state index in [1.165, 1.54) is 7.11 Å². The fraction of sp³-hybridized carbons (Fsp3) is 0.241. The molecule has 10 nitrogen and oxygen atoms in total. The molecule has 10 heteroatoms. The van der Waals surface area contributed by atoms with Crippen LogP contribution in [0.2, 0.25) is 0 Å². The molecule has 0 bridgehead atoms. The first-order valence-electron chi connectivity index (χ1n) is 12.4. The van der Waals surface area contributed by atoms with Gasteiger partial charge in [-0.2, -0.15) is 0 Å². The van der Waals surface area contributed by atoms with Gasteiger partial charge in [-0.25, -0.2) is 4.79 Å². The topological polar surface area (TPSA) is 143 Å². The number of carboxylic acid groups (broad SMARTS) is 1. The van der Waals surface area contributed by atoms with Crippen molar-refractivity contribution in [3.8, 4) is 16.9 Å². The van der Waals surface area contributed by atoms with Crippen LogP contribution >= 0.6 is 0 Å². The molecule has 0 unspecified atom stereocenters. The minimum absolute atomic E-state index is 0.0265. The van der Waals surface area contributed by atoms with Crippen molar-refractivity contribution < 1.29 is 33.8 Å². The first kappa shape index (κ1) is 27.2. The Balaban J connectivity index is 1.28. The van der Waals surface area contributed by atoms with Crippen molar-refractivity contribution in [2.24, 2.45) is 0 Å². The number of aliphatic carboxylic acids is 1. The molecule has 0 radical (unpaired) electrons. The second-order valence-corrected chi connectivity index (χ2v) is 8.90. The van der Waals surface area contributed by atoms with Crippen LogP contribution in [0.25, 0.3) is 11.1 Å². The predicted molar refractivity (Wildman–Crippen MR) is 143 cm³/mol. The molecule has 39 heavy (non-hydrogen) atoms. The monoisotopic (exact) mass is 531 g/mol. The number of hydrogen-bond donors (Lipinski definition) is 4. The second kappa shape index (κ2) is 12.6. The lowest BCUT2D eigenvalue weighted by molar-refractivity contribution is -0.139. The number of carbonyl (C=O) groups is 4. The first-order valence-corrected chi connectivity index (χ1v) is 12.4. The van der Waals surface area contributed by atoms with E-state index in [9.17, 15) is 24.3 Å². The van der Waals surface area contributed by atoms with Gasteiger partial charge in [-0.05, 0) is 46.5 Å². The van der Waals surface area contributed by atoms with Gasteiger partial charge in [-0.15, -0.1) is 0 Å². The van der Waals surface area contributed by atoms with Gasteiger partial charge >= 0.3 is 12.1 Å². The minimum atomic E-state index is -1.35. The molecule has 0 heterocycles. The molecule has 0 aromatic heterocycles. The standard InChI is InChI=1S/C29H29N3O7/c1-38-19-12-10-18(11-13-19)27(35)30-14-15-31-28(36)25(16-26(33)34)32-29(37)39-17-24-22-8-4-2-6-20(22)21-7-3-5-9-23(21)24/h2-13,24-25H,14-17H2,1H3,(H,30,35)(H,31,36)(H,32,37)(H,33,34)/t25-/m1/s1. The molecule has 0 fully saturated rings. The first-order chi connectivity index (χ1) is 18.9. The summed E-state index contributed by atoms with van der Waals surface area (Å²) in [6.07, 6.45) is -1.53. The van der Waals surface area contributed by atoms with Crippen LogP contribution < -0.4 is 20.7 Å². The number of benzene rings is 3. The highest BCUT2D eigenvalue weighted by molar-refractivity contribution is 5.94. The molecule has 0 saturated heterocycles.